The molecule has 0 amide bonds. The number of ether oxygens (including phenoxy) is 1. The molecule has 15 heavy (non-hydrogen) atoms. The second-order valence-electron chi connectivity index (χ2n) is 3.11. The van der Waals surface area contributed by atoms with Crippen molar-refractivity contribution in [3.8, 4) is 5.75 Å². The maximum Gasteiger partial charge on any atom is 0.139 e. The van der Waals surface area contributed by atoms with Crippen LogP contribution in [0.15, 0.2) is 48.8 Å². The molecule has 0 aliphatic carbocycles. The Hall–Kier alpha value is -1.10. The molecule has 0 N–H and O–H groups in total. The summed E-state index contributed by atoms with van der Waals surface area (Å²) in [5.74, 6) is 0.811. The zero-order chi connectivity index (χ0) is 10.5. The third kappa shape index (κ3) is 3.20. The molecule has 2 rings (SSSR count). The van der Waals surface area contributed by atoms with E-state index >= 15 is 0 Å². The lowest BCUT2D eigenvalue weighted by molar-refractivity contribution is 0.305. The third-order valence-corrected chi connectivity index (χ3v) is 2.52. The topological polar surface area (TPSA) is 22.1 Å². The summed E-state index contributed by atoms with van der Waals surface area (Å²) >= 11 is 2.22. The minimum Gasteiger partial charge on any atom is -0.487 e. The van der Waals surface area contributed by atoms with Gasteiger partial charge in [-0.05, 0) is 34.2 Å². The fourth-order valence-corrected chi connectivity index (χ4v) is 1.68. The third-order valence-electron chi connectivity index (χ3n) is 1.93. The fraction of sp³-hybridized carbons (Fsp3) is 0.0833. The highest BCUT2D eigenvalue weighted by Gasteiger charge is 1.96. The number of hydrogen-bond acceptors (Lipinski definition) is 2. The number of benzene rings is 1. The van der Waals surface area contributed by atoms with E-state index in [2.05, 4.69) is 27.6 Å². The zero-order valence-electron chi connectivity index (χ0n) is 8.06. The summed E-state index contributed by atoms with van der Waals surface area (Å²) in [6, 6.07) is 12.1. The number of hydrogen-bond donors (Lipinski definition) is 0. The number of aromatic nitrogens is 1. The lowest BCUT2D eigenvalue weighted by Gasteiger charge is -2.05. The molecule has 2 aromatic rings. The zero-order valence-corrected chi connectivity index (χ0v) is 10.2. The molecule has 0 bridgehead atoms. The monoisotopic (exact) mass is 311 g/mol. The lowest BCUT2D eigenvalue weighted by Crippen LogP contribution is -1.95. The van der Waals surface area contributed by atoms with Crippen LogP contribution in [0.3, 0.4) is 0 Å². The Morgan fingerprint density at radius 2 is 1.93 bits per heavy atom. The highest BCUT2D eigenvalue weighted by Crippen LogP contribution is 2.14. The van der Waals surface area contributed by atoms with Crippen molar-refractivity contribution in [3.05, 3.63) is 57.9 Å². The summed E-state index contributed by atoms with van der Waals surface area (Å²) < 4.78 is 6.69. The highest BCUT2D eigenvalue weighted by molar-refractivity contribution is 14.1. The average molecular weight is 311 g/mol. The van der Waals surface area contributed by atoms with Crippen LogP contribution < -0.4 is 4.74 Å². The maximum absolute atomic E-state index is 5.61. The molecule has 76 valence electrons. The van der Waals surface area contributed by atoms with E-state index in [0.29, 0.717) is 6.61 Å². The summed E-state index contributed by atoms with van der Waals surface area (Å²) in [7, 11) is 0. The molecular weight excluding hydrogens is 301 g/mol. The van der Waals surface area contributed by atoms with Crippen LogP contribution in [0.4, 0.5) is 0 Å². The molecule has 0 aliphatic heterocycles. The van der Waals surface area contributed by atoms with Gasteiger partial charge in [0, 0.05) is 9.77 Å². The predicted molar refractivity (Wildman–Crippen MR) is 67.7 cm³/mol. The molecule has 0 radical (unpaired) electrons. The standard InChI is InChI=1S/C12H10INO/c13-11-6-12(8-14-7-11)15-9-10-4-2-1-3-5-10/h1-8H,9H2. The van der Waals surface area contributed by atoms with Crippen LogP contribution >= 0.6 is 22.6 Å². The van der Waals surface area contributed by atoms with Gasteiger partial charge in [-0.25, -0.2) is 0 Å². The van der Waals surface area contributed by atoms with E-state index in [1.54, 1.807) is 12.4 Å². The lowest BCUT2D eigenvalue weighted by atomic mass is 10.2. The van der Waals surface area contributed by atoms with Crippen molar-refractivity contribution in [2.24, 2.45) is 0 Å². The van der Waals surface area contributed by atoms with Gasteiger partial charge in [0.1, 0.15) is 12.4 Å². The Kier molecular flexibility index (Phi) is 3.55. The molecule has 0 saturated carbocycles. The first-order chi connectivity index (χ1) is 7.34. The minimum absolute atomic E-state index is 0.586. The molecule has 0 unspecified atom stereocenters. The molecule has 0 aliphatic rings. The number of rotatable bonds is 3. The van der Waals surface area contributed by atoms with E-state index in [-0.39, 0.29) is 0 Å². The van der Waals surface area contributed by atoms with Crippen molar-refractivity contribution in [1.29, 1.82) is 0 Å². The smallest absolute Gasteiger partial charge is 0.139 e. The van der Waals surface area contributed by atoms with Crippen LogP contribution in [0.25, 0.3) is 0 Å². The van der Waals surface area contributed by atoms with Gasteiger partial charge in [-0.3, -0.25) is 4.98 Å². The van der Waals surface area contributed by atoms with Crippen molar-refractivity contribution in [2.45, 2.75) is 6.61 Å². The van der Waals surface area contributed by atoms with E-state index in [1.807, 2.05) is 36.4 Å². The molecule has 0 fully saturated rings. The Morgan fingerprint density at radius 3 is 2.67 bits per heavy atom. The van der Waals surface area contributed by atoms with Gasteiger partial charge in [0.15, 0.2) is 0 Å². The predicted octanol–water partition coefficient (Wildman–Crippen LogP) is 3.27. The Bertz CT molecular complexity index is 431. The molecule has 0 saturated heterocycles. The fourth-order valence-electron chi connectivity index (χ4n) is 1.21. The molecule has 2 nitrogen and oxygen atoms in total. The van der Waals surface area contributed by atoms with Gasteiger partial charge in [0.05, 0.1) is 6.20 Å². The van der Waals surface area contributed by atoms with E-state index in [4.69, 9.17) is 4.74 Å². The summed E-state index contributed by atoms with van der Waals surface area (Å²) in [5, 5.41) is 0. The first-order valence-electron chi connectivity index (χ1n) is 4.62. The van der Waals surface area contributed by atoms with Crippen LogP contribution in [0.5, 0.6) is 5.75 Å². The van der Waals surface area contributed by atoms with Gasteiger partial charge in [0.2, 0.25) is 0 Å². The maximum atomic E-state index is 5.61. The Labute approximate surface area is 102 Å². The molecule has 1 aromatic heterocycles. The van der Waals surface area contributed by atoms with Crippen LogP contribution in [0, 0.1) is 3.57 Å². The van der Waals surface area contributed by atoms with Crippen LogP contribution in [0.2, 0.25) is 0 Å². The van der Waals surface area contributed by atoms with Crippen LogP contribution in [0.1, 0.15) is 5.56 Å². The second kappa shape index (κ2) is 5.11. The number of nitrogens with zero attached hydrogens (tertiary/aromatic N) is 1. The summed E-state index contributed by atoms with van der Waals surface area (Å²) in [6.07, 6.45) is 3.53. The first kappa shape index (κ1) is 10.4. The Balaban J connectivity index is 1.99. The molecule has 0 spiro atoms. The molecule has 1 aromatic carbocycles. The Morgan fingerprint density at radius 1 is 1.13 bits per heavy atom. The van der Waals surface area contributed by atoms with E-state index in [1.165, 1.54) is 0 Å². The molecule has 1 heterocycles. The van der Waals surface area contributed by atoms with E-state index in [9.17, 15) is 0 Å². The van der Waals surface area contributed by atoms with E-state index in [0.717, 1.165) is 14.9 Å². The van der Waals surface area contributed by atoms with Crippen molar-refractivity contribution in [1.82, 2.24) is 4.98 Å². The van der Waals surface area contributed by atoms with Crippen molar-refractivity contribution >= 4 is 22.6 Å². The quantitative estimate of drug-likeness (QED) is 0.812. The summed E-state index contributed by atoms with van der Waals surface area (Å²) in [5.41, 5.74) is 1.16. The average Bonchev–Trinajstić information content (AvgIpc) is 2.28. The highest BCUT2D eigenvalue weighted by atomic mass is 127. The van der Waals surface area contributed by atoms with Gasteiger partial charge in [-0.2, -0.15) is 0 Å². The molecule has 0 atom stereocenters. The second-order valence-corrected chi connectivity index (χ2v) is 4.36. The molecule has 3 heteroatoms. The molecular formula is C12H10INO. The van der Waals surface area contributed by atoms with Crippen LogP contribution in [-0.4, -0.2) is 4.98 Å². The minimum atomic E-state index is 0.586. The summed E-state index contributed by atoms with van der Waals surface area (Å²) in [6.45, 7) is 0.586. The van der Waals surface area contributed by atoms with Gasteiger partial charge in [-0.15, -0.1) is 0 Å². The van der Waals surface area contributed by atoms with E-state index < -0.39 is 0 Å². The van der Waals surface area contributed by atoms with Gasteiger partial charge < -0.3 is 4.74 Å². The van der Waals surface area contributed by atoms with Crippen molar-refractivity contribution in [3.63, 3.8) is 0 Å². The summed E-state index contributed by atoms with van der Waals surface area (Å²) in [4.78, 5) is 4.06. The van der Waals surface area contributed by atoms with Crippen molar-refractivity contribution < 1.29 is 4.74 Å². The van der Waals surface area contributed by atoms with Gasteiger partial charge in [-0.1, -0.05) is 30.3 Å². The normalized spacial score (nSPS) is 9.93. The number of pyridine rings is 1. The van der Waals surface area contributed by atoms with Gasteiger partial charge in [0.25, 0.3) is 0 Å². The van der Waals surface area contributed by atoms with Crippen molar-refractivity contribution in [2.75, 3.05) is 0 Å². The van der Waals surface area contributed by atoms with Crippen LogP contribution in [-0.2, 0) is 6.61 Å². The first-order valence-corrected chi connectivity index (χ1v) is 5.70. The van der Waals surface area contributed by atoms with Gasteiger partial charge >= 0.3 is 0 Å². The largest absolute Gasteiger partial charge is 0.487 e. The number of halogens is 1. The SMILES string of the molecule is Ic1cncc(OCc2ccccc2)c1.